The summed E-state index contributed by atoms with van der Waals surface area (Å²) in [6, 6.07) is 85.3. The average molecular weight is 811 g/mol. The van der Waals surface area contributed by atoms with Gasteiger partial charge in [-0.2, -0.15) is 0 Å². The highest BCUT2D eigenvalue weighted by molar-refractivity contribution is 6.21. The first kappa shape index (κ1) is 35.2. The van der Waals surface area contributed by atoms with Crippen molar-refractivity contribution in [2.75, 3.05) is 0 Å². The van der Waals surface area contributed by atoms with Gasteiger partial charge in [0.15, 0.2) is 0 Å². The van der Waals surface area contributed by atoms with Crippen LogP contribution in [0.15, 0.2) is 231 Å². The van der Waals surface area contributed by atoms with Crippen LogP contribution in [0, 0.1) is 0 Å². The summed E-state index contributed by atoms with van der Waals surface area (Å²) in [5.41, 5.74) is 19.7. The fraction of sp³-hybridized carbons (Fsp3) is 0. The van der Waals surface area contributed by atoms with Crippen molar-refractivity contribution in [3.63, 3.8) is 0 Å². The summed E-state index contributed by atoms with van der Waals surface area (Å²) in [6.07, 6.45) is 0. The van der Waals surface area contributed by atoms with Gasteiger partial charge in [0.2, 0.25) is 0 Å². The molecule has 2 nitrogen and oxygen atoms in total. The Morgan fingerprint density at radius 3 is 1.62 bits per heavy atom. The molecule has 1 aliphatic carbocycles. The lowest BCUT2D eigenvalue weighted by Crippen LogP contribution is -1.99. The van der Waals surface area contributed by atoms with Gasteiger partial charge in [-0.15, -0.1) is 0 Å². The zero-order chi connectivity index (χ0) is 41.9. The third-order valence-electron chi connectivity index (χ3n) is 13.9. The molecule has 0 saturated carbocycles. The van der Waals surface area contributed by atoms with Crippen molar-refractivity contribution in [1.82, 2.24) is 9.13 Å². The second-order valence-corrected chi connectivity index (χ2v) is 17.2. The Morgan fingerprint density at radius 1 is 0.250 bits per heavy atom. The van der Waals surface area contributed by atoms with E-state index in [1.807, 2.05) is 0 Å². The van der Waals surface area contributed by atoms with Crippen LogP contribution in [0.4, 0.5) is 0 Å². The van der Waals surface area contributed by atoms with Crippen molar-refractivity contribution < 1.29 is 0 Å². The summed E-state index contributed by atoms with van der Waals surface area (Å²) >= 11 is 0. The second kappa shape index (κ2) is 13.5. The predicted octanol–water partition coefficient (Wildman–Crippen LogP) is 16.8. The van der Waals surface area contributed by atoms with Crippen LogP contribution < -0.4 is 0 Å². The molecule has 0 saturated heterocycles. The Kier molecular flexibility index (Phi) is 7.43. The second-order valence-electron chi connectivity index (χ2n) is 17.2. The van der Waals surface area contributed by atoms with Gasteiger partial charge in [0.05, 0.1) is 27.8 Å². The number of hydrogen-bond acceptors (Lipinski definition) is 0. The molecule has 0 aliphatic heterocycles. The number of rotatable bonds is 5. The smallest absolute Gasteiger partial charge is 0.0619 e. The number of nitrogens with zero attached hydrogens (tertiary/aromatic N) is 2. The van der Waals surface area contributed by atoms with Crippen LogP contribution in [-0.2, 0) is 0 Å². The Labute approximate surface area is 370 Å². The highest BCUT2D eigenvalue weighted by Crippen LogP contribution is 2.51. The third-order valence-corrected chi connectivity index (χ3v) is 13.9. The van der Waals surface area contributed by atoms with Crippen LogP contribution in [0.3, 0.4) is 0 Å². The van der Waals surface area contributed by atoms with Crippen LogP contribution in [0.5, 0.6) is 0 Å². The van der Waals surface area contributed by atoms with E-state index in [-0.39, 0.29) is 0 Å². The highest BCUT2D eigenvalue weighted by Gasteiger charge is 2.25. The summed E-state index contributed by atoms with van der Waals surface area (Å²) in [7, 11) is 0. The Bertz CT molecular complexity index is 4040. The first-order valence-electron chi connectivity index (χ1n) is 22.2. The van der Waals surface area contributed by atoms with Crippen molar-refractivity contribution in [2.24, 2.45) is 0 Å². The standard InChI is InChI=1S/C62H38N2/c1-2-16-42(17-3-1)63-57-27-12-11-24-50(57)56-37-40(31-36-59(56)63)41-30-32-51-55-33-29-39-15-4-5-18-43(39)62(55)64(60(51)38-41)58-28-13-10-23-49(58)45-20-7-6-19-44(45)48-34-35-54-47-22-9-8-21-46(47)52-25-14-26-53(48)61(52)54/h1-38H. The van der Waals surface area contributed by atoms with Gasteiger partial charge in [-0.25, -0.2) is 0 Å². The van der Waals surface area contributed by atoms with Gasteiger partial charge in [0.25, 0.3) is 0 Å². The molecular weight excluding hydrogens is 773 g/mol. The first-order valence-corrected chi connectivity index (χ1v) is 22.2. The molecule has 2 aromatic heterocycles. The van der Waals surface area contributed by atoms with Crippen LogP contribution in [0.1, 0.15) is 0 Å². The minimum absolute atomic E-state index is 1.16. The van der Waals surface area contributed by atoms with Crippen molar-refractivity contribution in [3.8, 4) is 67.0 Å². The van der Waals surface area contributed by atoms with Crippen molar-refractivity contribution in [2.45, 2.75) is 0 Å². The van der Waals surface area contributed by atoms with Gasteiger partial charge in [-0.05, 0) is 109 Å². The molecule has 2 heterocycles. The van der Waals surface area contributed by atoms with E-state index in [9.17, 15) is 0 Å². The van der Waals surface area contributed by atoms with Crippen molar-refractivity contribution in [1.29, 1.82) is 0 Å². The monoisotopic (exact) mass is 810 g/mol. The van der Waals surface area contributed by atoms with E-state index in [0.717, 1.165) is 5.69 Å². The number of benzene rings is 11. The SMILES string of the molecule is c1ccc(-n2c3ccccc3c3cc(-c4ccc5c6ccc7ccccc7c6n(-c6ccccc6-c6ccccc6-c6ccc7c8c(cccc68)-c6ccccc6-7)c5c4)ccc32)cc1. The summed E-state index contributed by atoms with van der Waals surface area (Å²) in [5, 5.41) is 10.1. The van der Waals surface area contributed by atoms with Crippen LogP contribution in [-0.4, -0.2) is 9.13 Å². The topological polar surface area (TPSA) is 9.86 Å². The lowest BCUT2D eigenvalue weighted by molar-refractivity contribution is 1.18. The molecule has 296 valence electrons. The molecule has 0 radical (unpaired) electrons. The predicted molar refractivity (Wildman–Crippen MR) is 271 cm³/mol. The number of hydrogen-bond donors (Lipinski definition) is 0. The maximum Gasteiger partial charge on any atom is 0.0619 e. The van der Waals surface area contributed by atoms with Crippen molar-refractivity contribution in [3.05, 3.63) is 231 Å². The maximum absolute atomic E-state index is 2.55. The lowest BCUT2D eigenvalue weighted by Gasteiger charge is -2.19. The largest absolute Gasteiger partial charge is 0.309 e. The number of para-hydroxylation sites is 3. The van der Waals surface area contributed by atoms with Crippen molar-refractivity contribution >= 4 is 65.2 Å². The van der Waals surface area contributed by atoms with Crippen LogP contribution in [0.25, 0.3) is 132 Å². The van der Waals surface area contributed by atoms with Crippen LogP contribution >= 0.6 is 0 Å². The zero-order valence-electron chi connectivity index (χ0n) is 34.8. The fourth-order valence-electron chi connectivity index (χ4n) is 11.1. The quantitative estimate of drug-likeness (QED) is 0.164. The lowest BCUT2D eigenvalue weighted by atomic mass is 9.89. The normalized spacial score (nSPS) is 12.1. The van der Waals surface area contributed by atoms with E-state index in [2.05, 4.69) is 240 Å². The molecule has 13 aromatic rings. The molecule has 2 heteroatoms. The van der Waals surface area contributed by atoms with E-state index in [0.29, 0.717) is 0 Å². The van der Waals surface area contributed by atoms with Gasteiger partial charge in [-0.1, -0.05) is 188 Å². The number of fused-ring (bicyclic) bond motifs is 11. The molecule has 0 N–H and O–H groups in total. The van der Waals surface area contributed by atoms with E-state index in [1.54, 1.807) is 0 Å². The van der Waals surface area contributed by atoms with E-state index >= 15 is 0 Å². The Hall–Kier alpha value is -8.46. The van der Waals surface area contributed by atoms with E-state index in [4.69, 9.17) is 0 Å². The molecule has 0 fully saturated rings. The summed E-state index contributed by atoms with van der Waals surface area (Å²) in [6.45, 7) is 0. The zero-order valence-corrected chi connectivity index (χ0v) is 34.8. The molecule has 0 atom stereocenters. The van der Waals surface area contributed by atoms with Gasteiger partial charge in [0.1, 0.15) is 0 Å². The van der Waals surface area contributed by atoms with E-state index < -0.39 is 0 Å². The molecule has 1 aliphatic rings. The minimum Gasteiger partial charge on any atom is -0.309 e. The third kappa shape index (κ3) is 4.96. The van der Waals surface area contributed by atoms with E-state index in [1.165, 1.54) is 126 Å². The molecule has 0 spiro atoms. The average Bonchev–Trinajstić information content (AvgIpc) is 4.00. The Morgan fingerprint density at radius 2 is 0.797 bits per heavy atom. The summed E-state index contributed by atoms with van der Waals surface area (Å²) < 4.78 is 4.94. The van der Waals surface area contributed by atoms with Gasteiger partial charge in [-0.3, -0.25) is 0 Å². The number of aromatic nitrogens is 2. The maximum atomic E-state index is 2.55. The summed E-state index contributed by atoms with van der Waals surface area (Å²) in [5.74, 6) is 0. The molecule has 11 aromatic carbocycles. The van der Waals surface area contributed by atoms with Gasteiger partial charge >= 0.3 is 0 Å². The molecule has 0 bridgehead atoms. The first-order chi connectivity index (χ1) is 31.8. The van der Waals surface area contributed by atoms with Crippen LogP contribution in [0.2, 0.25) is 0 Å². The minimum atomic E-state index is 1.16. The Balaban J connectivity index is 1.01. The molecule has 14 rings (SSSR count). The molecular formula is C62H38N2. The summed E-state index contributed by atoms with van der Waals surface area (Å²) in [4.78, 5) is 0. The van der Waals surface area contributed by atoms with Gasteiger partial charge in [0, 0.05) is 38.2 Å². The molecule has 64 heavy (non-hydrogen) atoms. The molecule has 0 amide bonds. The van der Waals surface area contributed by atoms with Gasteiger partial charge < -0.3 is 9.13 Å². The highest BCUT2D eigenvalue weighted by atomic mass is 15.0. The molecule has 0 unspecified atom stereocenters. The fourth-order valence-corrected chi connectivity index (χ4v) is 11.1.